The van der Waals surface area contributed by atoms with Crippen LogP contribution in [0.4, 0.5) is 0 Å². The molecule has 0 aromatic carbocycles. The van der Waals surface area contributed by atoms with Crippen LogP contribution in [-0.2, 0) is 25.6 Å². The fraction of sp³-hybridized carbons (Fsp3) is 0.625. The van der Waals surface area contributed by atoms with Crippen molar-refractivity contribution in [1.82, 2.24) is 9.88 Å². The minimum absolute atomic E-state index is 0.115. The van der Waals surface area contributed by atoms with E-state index in [4.69, 9.17) is 9.47 Å². The lowest BCUT2D eigenvalue weighted by molar-refractivity contribution is -0.144. The second kappa shape index (κ2) is 10.6. The number of nitrogens with one attached hydrogen (secondary N) is 1. The lowest BCUT2D eigenvalue weighted by Crippen LogP contribution is -2.42. The van der Waals surface area contributed by atoms with Crippen molar-refractivity contribution >= 4 is 18.0 Å². The molecule has 1 aliphatic heterocycles. The van der Waals surface area contributed by atoms with E-state index in [9.17, 15) is 14.9 Å². The zero-order chi connectivity index (χ0) is 22.4. The van der Waals surface area contributed by atoms with Gasteiger partial charge in [-0.25, -0.2) is 4.79 Å². The Bertz CT molecular complexity index is 874. The van der Waals surface area contributed by atoms with E-state index in [1.54, 1.807) is 0 Å². The van der Waals surface area contributed by atoms with Crippen molar-refractivity contribution in [2.75, 3.05) is 13.2 Å². The molecule has 7 heteroatoms. The number of carbonyl (C=O) groups is 2. The summed E-state index contributed by atoms with van der Waals surface area (Å²) in [6.07, 6.45) is 8.19. The lowest BCUT2D eigenvalue weighted by atomic mass is 9.86. The second-order valence-corrected chi connectivity index (χ2v) is 8.75. The number of hydrogen-bond donors (Lipinski definition) is 1. The third-order valence-electron chi connectivity index (χ3n) is 6.46. The number of aryl methyl sites for hydroxylation is 1. The van der Waals surface area contributed by atoms with E-state index in [1.807, 2.05) is 26.0 Å². The van der Waals surface area contributed by atoms with Crippen molar-refractivity contribution in [3.05, 3.63) is 28.6 Å². The summed E-state index contributed by atoms with van der Waals surface area (Å²) in [4.78, 5) is 24.6. The molecule has 1 aliphatic carbocycles. The first-order chi connectivity index (χ1) is 14.9. The Morgan fingerprint density at radius 2 is 2.06 bits per heavy atom. The molecule has 0 spiro atoms. The molecule has 2 heterocycles. The van der Waals surface area contributed by atoms with Gasteiger partial charge in [-0.3, -0.25) is 4.79 Å². The van der Waals surface area contributed by atoms with Gasteiger partial charge in [-0.15, -0.1) is 0 Å². The Labute approximate surface area is 184 Å². The number of amides is 1. The van der Waals surface area contributed by atoms with Crippen LogP contribution in [0.15, 0.2) is 11.6 Å². The van der Waals surface area contributed by atoms with Crippen molar-refractivity contribution in [3.63, 3.8) is 0 Å². The maximum Gasteiger partial charge on any atom is 0.349 e. The summed E-state index contributed by atoms with van der Waals surface area (Å²) < 4.78 is 13.0. The second-order valence-electron chi connectivity index (χ2n) is 8.75. The molecular weight excluding hydrogens is 394 g/mol. The minimum atomic E-state index is -0.779. The molecule has 31 heavy (non-hydrogen) atoms. The molecule has 2 aliphatic rings. The van der Waals surface area contributed by atoms with Gasteiger partial charge in [-0.05, 0) is 63.2 Å². The quantitative estimate of drug-likeness (QED) is 0.409. The number of nitriles is 1. The summed E-state index contributed by atoms with van der Waals surface area (Å²) in [6.45, 7) is 7.28. The number of hydrogen-bond acceptors (Lipinski definition) is 5. The normalized spacial score (nSPS) is 23.9. The van der Waals surface area contributed by atoms with Crippen molar-refractivity contribution in [2.24, 2.45) is 5.92 Å². The number of rotatable bonds is 7. The van der Waals surface area contributed by atoms with E-state index < -0.39 is 5.97 Å². The van der Waals surface area contributed by atoms with Crippen LogP contribution in [0.1, 0.15) is 62.4 Å². The SMILES string of the molecule is Cc1cc(/C=C(\C#N)C(=O)OCC(=O)N[C@H]2CCCC[C@@H]2C)c(C)n1C[C@@H]1CCCO1. The van der Waals surface area contributed by atoms with Crippen LogP contribution in [-0.4, -0.2) is 41.8 Å². The van der Waals surface area contributed by atoms with Crippen LogP contribution in [0.5, 0.6) is 0 Å². The summed E-state index contributed by atoms with van der Waals surface area (Å²) in [5.41, 5.74) is 2.70. The maximum atomic E-state index is 12.4. The molecule has 1 aromatic rings. The highest BCUT2D eigenvalue weighted by atomic mass is 16.5. The predicted molar refractivity (Wildman–Crippen MR) is 117 cm³/mol. The highest BCUT2D eigenvalue weighted by molar-refractivity contribution is 5.99. The van der Waals surface area contributed by atoms with Gasteiger partial charge in [0, 0.05) is 30.6 Å². The topological polar surface area (TPSA) is 93.4 Å². The van der Waals surface area contributed by atoms with Crippen LogP contribution in [0.2, 0.25) is 0 Å². The summed E-state index contributed by atoms with van der Waals surface area (Å²) in [6, 6.07) is 3.99. The first-order valence-electron chi connectivity index (χ1n) is 11.3. The van der Waals surface area contributed by atoms with Crippen molar-refractivity contribution < 1.29 is 19.1 Å². The van der Waals surface area contributed by atoms with Gasteiger partial charge in [-0.2, -0.15) is 5.26 Å². The molecule has 2 fully saturated rings. The van der Waals surface area contributed by atoms with E-state index in [0.717, 1.165) is 62.2 Å². The summed E-state index contributed by atoms with van der Waals surface area (Å²) in [7, 11) is 0. The standard InChI is InChI=1S/C24H33N3O4/c1-16-7-4-5-9-22(16)26-23(28)15-31-24(29)20(13-25)12-19-11-17(2)27(18(19)3)14-21-8-6-10-30-21/h11-12,16,21-22H,4-10,14-15H2,1-3H3,(H,26,28)/b20-12+/t16-,21-,22-/m0/s1. The highest BCUT2D eigenvalue weighted by Gasteiger charge is 2.24. The Hall–Kier alpha value is -2.59. The van der Waals surface area contributed by atoms with Crippen LogP contribution in [0.25, 0.3) is 6.08 Å². The van der Waals surface area contributed by atoms with Crippen molar-refractivity contribution in [3.8, 4) is 6.07 Å². The Morgan fingerprint density at radius 3 is 2.74 bits per heavy atom. The number of carbonyl (C=O) groups excluding carboxylic acids is 2. The Kier molecular flexibility index (Phi) is 7.91. The van der Waals surface area contributed by atoms with Gasteiger partial charge >= 0.3 is 5.97 Å². The molecule has 0 unspecified atom stereocenters. The molecule has 1 saturated heterocycles. The van der Waals surface area contributed by atoms with E-state index >= 15 is 0 Å². The van der Waals surface area contributed by atoms with Gasteiger partial charge in [0.25, 0.3) is 5.91 Å². The first-order valence-corrected chi connectivity index (χ1v) is 11.3. The summed E-state index contributed by atoms with van der Waals surface area (Å²) in [5, 5.41) is 12.4. The third kappa shape index (κ3) is 5.98. The smallest absolute Gasteiger partial charge is 0.349 e. The molecule has 1 amide bonds. The molecule has 1 N–H and O–H groups in total. The van der Waals surface area contributed by atoms with Gasteiger partial charge in [-0.1, -0.05) is 19.8 Å². The fourth-order valence-electron chi connectivity index (χ4n) is 4.53. The molecule has 1 saturated carbocycles. The highest BCUT2D eigenvalue weighted by Crippen LogP contribution is 2.24. The van der Waals surface area contributed by atoms with Crippen LogP contribution in [0.3, 0.4) is 0 Å². The first kappa shape index (κ1) is 23.1. The van der Waals surface area contributed by atoms with E-state index in [-0.39, 0.29) is 30.2 Å². The molecular formula is C24H33N3O4. The number of nitrogens with zero attached hydrogens (tertiary/aromatic N) is 2. The van der Waals surface area contributed by atoms with Crippen molar-refractivity contribution in [1.29, 1.82) is 5.26 Å². The number of esters is 1. The predicted octanol–water partition coefficient (Wildman–Crippen LogP) is 3.43. The average molecular weight is 428 g/mol. The van der Waals surface area contributed by atoms with E-state index in [0.29, 0.717) is 5.92 Å². The number of aromatic nitrogens is 1. The van der Waals surface area contributed by atoms with Crippen LogP contribution >= 0.6 is 0 Å². The lowest BCUT2D eigenvalue weighted by Gasteiger charge is -2.29. The maximum absolute atomic E-state index is 12.4. The average Bonchev–Trinajstić information content (AvgIpc) is 3.36. The molecule has 3 atom stereocenters. The Balaban J connectivity index is 1.60. The zero-order valence-corrected chi connectivity index (χ0v) is 18.8. The van der Waals surface area contributed by atoms with Crippen LogP contribution in [0, 0.1) is 31.1 Å². The van der Waals surface area contributed by atoms with Gasteiger partial charge in [0.1, 0.15) is 11.6 Å². The molecule has 0 bridgehead atoms. The van der Waals surface area contributed by atoms with Gasteiger partial charge in [0.15, 0.2) is 6.61 Å². The van der Waals surface area contributed by atoms with Crippen LogP contribution < -0.4 is 5.32 Å². The Morgan fingerprint density at radius 1 is 1.29 bits per heavy atom. The molecule has 1 aromatic heterocycles. The van der Waals surface area contributed by atoms with Gasteiger partial charge in [0.2, 0.25) is 0 Å². The zero-order valence-electron chi connectivity index (χ0n) is 18.8. The van der Waals surface area contributed by atoms with Gasteiger partial charge in [0.05, 0.1) is 6.10 Å². The number of ether oxygens (including phenoxy) is 2. The third-order valence-corrected chi connectivity index (χ3v) is 6.46. The van der Waals surface area contributed by atoms with E-state index in [2.05, 4.69) is 16.8 Å². The fourth-order valence-corrected chi connectivity index (χ4v) is 4.53. The summed E-state index contributed by atoms with van der Waals surface area (Å²) in [5.74, 6) is -0.676. The molecule has 7 nitrogen and oxygen atoms in total. The van der Waals surface area contributed by atoms with Gasteiger partial charge < -0.3 is 19.4 Å². The monoisotopic (exact) mass is 427 g/mol. The van der Waals surface area contributed by atoms with E-state index in [1.165, 1.54) is 12.5 Å². The molecule has 168 valence electrons. The largest absolute Gasteiger partial charge is 0.451 e. The molecule has 3 rings (SSSR count). The summed E-state index contributed by atoms with van der Waals surface area (Å²) >= 11 is 0. The molecule has 0 radical (unpaired) electrons. The van der Waals surface area contributed by atoms with Crippen molar-refractivity contribution in [2.45, 2.75) is 78.0 Å². The minimum Gasteiger partial charge on any atom is -0.451 e.